The van der Waals surface area contributed by atoms with Crippen molar-refractivity contribution >= 4 is 10.0 Å². The smallest absolute Gasteiger partial charge is 0.260 e. The molecule has 7 heteroatoms. The Morgan fingerprint density at radius 2 is 2.12 bits per heavy atom. The van der Waals surface area contributed by atoms with Gasteiger partial charge in [0.1, 0.15) is 0 Å². The van der Waals surface area contributed by atoms with Crippen LogP contribution in [0.3, 0.4) is 0 Å². The number of aromatic nitrogens is 2. The summed E-state index contributed by atoms with van der Waals surface area (Å²) in [6, 6.07) is 1.49. The summed E-state index contributed by atoms with van der Waals surface area (Å²) in [4.78, 5) is 2.14. The van der Waals surface area contributed by atoms with Gasteiger partial charge in [0.2, 0.25) is 0 Å². The van der Waals surface area contributed by atoms with Crippen molar-refractivity contribution in [1.82, 2.24) is 19.4 Å². The molecule has 0 saturated carbocycles. The normalized spacial score (nSPS) is 20.8. The van der Waals surface area contributed by atoms with E-state index in [-0.39, 0.29) is 5.03 Å². The van der Waals surface area contributed by atoms with Crippen LogP contribution in [0.1, 0.15) is 6.42 Å². The zero-order chi connectivity index (χ0) is 11.6. The van der Waals surface area contributed by atoms with Gasteiger partial charge in [0, 0.05) is 19.6 Å². The number of H-pyrrole nitrogens is 1. The molecule has 1 saturated heterocycles. The molecule has 2 rings (SSSR count). The van der Waals surface area contributed by atoms with Gasteiger partial charge in [-0.1, -0.05) is 0 Å². The molecule has 6 nitrogen and oxygen atoms in total. The van der Waals surface area contributed by atoms with E-state index < -0.39 is 10.0 Å². The average Bonchev–Trinajstić information content (AvgIpc) is 2.68. The maximum atomic E-state index is 12.1. The zero-order valence-electron chi connectivity index (χ0n) is 9.26. The highest BCUT2D eigenvalue weighted by molar-refractivity contribution is 7.89. The van der Waals surface area contributed by atoms with Crippen LogP contribution in [0.2, 0.25) is 0 Å². The van der Waals surface area contributed by atoms with Gasteiger partial charge in [0.05, 0.1) is 6.20 Å². The summed E-state index contributed by atoms with van der Waals surface area (Å²) < 4.78 is 25.8. The van der Waals surface area contributed by atoms with Gasteiger partial charge in [0.15, 0.2) is 5.03 Å². The molecule has 0 amide bonds. The van der Waals surface area contributed by atoms with Crippen molar-refractivity contribution in [2.24, 2.45) is 0 Å². The molecule has 0 aromatic carbocycles. The Kier molecular flexibility index (Phi) is 3.27. The highest BCUT2D eigenvalue weighted by atomic mass is 32.2. The summed E-state index contributed by atoms with van der Waals surface area (Å²) in [7, 11) is -1.37. The van der Waals surface area contributed by atoms with Crippen LogP contribution in [0.15, 0.2) is 17.3 Å². The Morgan fingerprint density at radius 1 is 1.31 bits per heavy atom. The molecule has 1 fully saturated rings. The number of aromatic amines is 1. The standard InChI is InChI=1S/C9H16N4O2S/c1-12-5-2-6-13(8-7-12)16(14,15)9-3-4-10-11-9/h3-4H,2,5-8H2,1H3,(H,10,11). The number of nitrogens with zero attached hydrogens (tertiary/aromatic N) is 3. The molecule has 0 atom stereocenters. The van der Waals surface area contributed by atoms with Gasteiger partial charge in [-0.2, -0.15) is 9.40 Å². The van der Waals surface area contributed by atoms with E-state index >= 15 is 0 Å². The predicted octanol–water partition coefficient (Wildman–Crippen LogP) is -0.264. The summed E-state index contributed by atoms with van der Waals surface area (Å²) >= 11 is 0. The SMILES string of the molecule is CN1CCCN(S(=O)(=O)c2ccn[nH]2)CC1. The Hall–Kier alpha value is -0.920. The van der Waals surface area contributed by atoms with E-state index in [1.807, 2.05) is 7.05 Å². The van der Waals surface area contributed by atoms with Gasteiger partial charge in [-0.15, -0.1) is 0 Å². The maximum absolute atomic E-state index is 12.1. The Balaban J connectivity index is 2.18. The number of nitrogens with one attached hydrogen (secondary N) is 1. The van der Waals surface area contributed by atoms with Crippen LogP contribution in [0.25, 0.3) is 0 Å². The van der Waals surface area contributed by atoms with Gasteiger partial charge in [-0.25, -0.2) is 8.42 Å². The third-order valence-corrected chi connectivity index (χ3v) is 4.60. The van der Waals surface area contributed by atoms with E-state index in [1.165, 1.54) is 16.6 Å². The third-order valence-electron chi connectivity index (χ3n) is 2.77. The average molecular weight is 244 g/mol. The van der Waals surface area contributed by atoms with Gasteiger partial charge in [0.25, 0.3) is 10.0 Å². The van der Waals surface area contributed by atoms with E-state index in [1.54, 1.807) is 0 Å². The van der Waals surface area contributed by atoms with E-state index in [9.17, 15) is 8.42 Å². The topological polar surface area (TPSA) is 69.3 Å². The number of hydrogen-bond donors (Lipinski definition) is 1. The molecular weight excluding hydrogens is 228 g/mol. The number of hydrogen-bond acceptors (Lipinski definition) is 4. The summed E-state index contributed by atoms with van der Waals surface area (Å²) in [5.74, 6) is 0. The van der Waals surface area contributed by atoms with Crippen LogP contribution in [0.5, 0.6) is 0 Å². The number of sulfonamides is 1. The molecule has 0 aliphatic carbocycles. The van der Waals surface area contributed by atoms with Crippen molar-refractivity contribution < 1.29 is 8.42 Å². The molecule has 1 aromatic heterocycles. The van der Waals surface area contributed by atoms with Gasteiger partial charge in [-0.3, -0.25) is 5.10 Å². The summed E-state index contributed by atoms with van der Waals surface area (Å²) in [5.41, 5.74) is 0. The van der Waals surface area contributed by atoms with Crippen LogP contribution < -0.4 is 0 Å². The lowest BCUT2D eigenvalue weighted by Gasteiger charge is -2.18. The first kappa shape index (κ1) is 11.6. The lowest BCUT2D eigenvalue weighted by Crippen LogP contribution is -2.34. The largest absolute Gasteiger partial charge is 0.305 e. The fourth-order valence-electron chi connectivity index (χ4n) is 1.79. The highest BCUT2D eigenvalue weighted by Crippen LogP contribution is 2.14. The quantitative estimate of drug-likeness (QED) is 0.778. The fourth-order valence-corrected chi connectivity index (χ4v) is 3.16. The second kappa shape index (κ2) is 4.52. The zero-order valence-corrected chi connectivity index (χ0v) is 10.1. The molecule has 1 N–H and O–H groups in total. The lowest BCUT2D eigenvalue weighted by atomic mass is 10.4. The molecule has 0 spiro atoms. The van der Waals surface area contributed by atoms with Crippen molar-refractivity contribution in [3.05, 3.63) is 12.3 Å². The Morgan fingerprint density at radius 3 is 2.81 bits per heavy atom. The first-order chi connectivity index (χ1) is 7.60. The molecule has 90 valence electrons. The van der Waals surface area contributed by atoms with Gasteiger partial charge >= 0.3 is 0 Å². The summed E-state index contributed by atoms with van der Waals surface area (Å²) in [5, 5.41) is 6.37. The van der Waals surface area contributed by atoms with Gasteiger partial charge in [-0.05, 0) is 26.1 Å². The number of rotatable bonds is 2. The van der Waals surface area contributed by atoms with E-state index in [4.69, 9.17) is 0 Å². The first-order valence-corrected chi connectivity index (χ1v) is 6.73. The second-order valence-electron chi connectivity index (χ2n) is 3.98. The van der Waals surface area contributed by atoms with Crippen molar-refractivity contribution in [2.45, 2.75) is 11.4 Å². The minimum Gasteiger partial charge on any atom is -0.305 e. The highest BCUT2D eigenvalue weighted by Gasteiger charge is 2.26. The molecule has 0 radical (unpaired) electrons. The second-order valence-corrected chi connectivity index (χ2v) is 5.89. The van der Waals surface area contributed by atoms with Crippen LogP contribution in [-0.2, 0) is 10.0 Å². The van der Waals surface area contributed by atoms with E-state index in [2.05, 4.69) is 15.1 Å². The van der Waals surface area contributed by atoms with Crippen LogP contribution in [0, 0.1) is 0 Å². The molecule has 2 heterocycles. The molecule has 1 aliphatic rings. The molecular formula is C9H16N4O2S. The summed E-state index contributed by atoms with van der Waals surface area (Å²) in [6.45, 7) is 2.83. The van der Waals surface area contributed by atoms with Gasteiger partial charge < -0.3 is 4.90 Å². The summed E-state index contributed by atoms with van der Waals surface area (Å²) in [6.07, 6.45) is 2.32. The monoisotopic (exact) mass is 244 g/mol. The van der Waals surface area contributed by atoms with Crippen LogP contribution >= 0.6 is 0 Å². The molecule has 1 aromatic rings. The molecule has 1 aliphatic heterocycles. The Labute approximate surface area is 95.3 Å². The Bertz CT molecular complexity index is 428. The van der Waals surface area contributed by atoms with Crippen molar-refractivity contribution in [2.75, 3.05) is 33.2 Å². The first-order valence-electron chi connectivity index (χ1n) is 5.29. The predicted molar refractivity (Wildman–Crippen MR) is 59.5 cm³/mol. The lowest BCUT2D eigenvalue weighted by molar-refractivity contribution is 0.347. The van der Waals surface area contributed by atoms with Crippen molar-refractivity contribution in [3.8, 4) is 0 Å². The third kappa shape index (κ3) is 2.26. The molecule has 16 heavy (non-hydrogen) atoms. The maximum Gasteiger partial charge on any atom is 0.260 e. The van der Waals surface area contributed by atoms with Crippen LogP contribution in [0.4, 0.5) is 0 Å². The van der Waals surface area contributed by atoms with Crippen molar-refractivity contribution in [3.63, 3.8) is 0 Å². The minimum absolute atomic E-state index is 0.178. The van der Waals surface area contributed by atoms with Crippen LogP contribution in [-0.4, -0.2) is 61.0 Å². The van der Waals surface area contributed by atoms with E-state index in [0.29, 0.717) is 13.1 Å². The minimum atomic E-state index is -3.38. The molecule has 0 unspecified atom stereocenters. The fraction of sp³-hybridized carbons (Fsp3) is 0.667. The molecule has 0 bridgehead atoms. The number of likely N-dealkylation sites (N-methyl/N-ethyl adjacent to an activating group) is 1. The van der Waals surface area contributed by atoms with E-state index in [0.717, 1.165) is 19.5 Å². The van der Waals surface area contributed by atoms with Crippen molar-refractivity contribution in [1.29, 1.82) is 0 Å².